The molecule has 1 aromatic carbocycles. The van der Waals surface area contributed by atoms with Gasteiger partial charge in [-0.25, -0.2) is 4.57 Å². The zero-order valence-corrected chi connectivity index (χ0v) is 39.3. The summed E-state index contributed by atoms with van der Waals surface area (Å²) in [6.45, 7) is 5.15. The zero-order chi connectivity index (χ0) is 49.5. The molecule has 0 aliphatic carbocycles. The third kappa shape index (κ3) is 13.2. The number of benzene rings is 1. The minimum absolute atomic E-state index is 0.164. The van der Waals surface area contributed by atoms with E-state index >= 15 is 0 Å². The summed E-state index contributed by atoms with van der Waals surface area (Å²) in [5.41, 5.74) is 6.45. The van der Waals surface area contributed by atoms with E-state index in [0.717, 1.165) is 23.8 Å². The maximum atomic E-state index is 14.6. The number of phosphoric ester groups is 1. The van der Waals surface area contributed by atoms with Crippen molar-refractivity contribution < 1.29 is 71.9 Å². The number of aromatic nitrogens is 1. The Bertz CT molecular complexity index is 2320. The van der Waals surface area contributed by atoms with Crippen LogP contribution in [0.5, 0.6) is 5.75 Å². The molecule has 26 heteroatoms. The van der Waals surface area contributed by atoms with Crippen LogP contribution in [-0.4, -0.2) is 147 Å². The highest BCUT2D eigenvalue weighted by Gasteiger charge is 2.44. The fourth-order valence-corrected chi connectivity index (χ4v) is 9.57. The number of H-pyrrole nitrogens is 1. The Kier molecular flexibility index (Phi) is 17.4. The summed E-state index contributed by atoms with van der Waals surface area (Å²) in [7, 11) is -4.08. The number of aromatic amines is 1. The van der Waals surface area contributed by atoms with E-state index in [9.17, 15) is 62.6 Å². The molecule has 2 aromatic rings. The molecular formula is C41H58N9O15PS. The molecule has 0 saturated carbocycles. The second-order valence-corrected chi connectivity index (χ2v) is 19.1. The lowest BCUT2D eigenvalue weighted by Crippen LogP contribution is -2.59. The van der Waals surface area contributed by atoms with Gasteiger partial charge in [0.15, 0.2) is 11.5 Å². The molecule has 0 radical (unpaired) electrons. The SMILES string of the molecule is CC[C@H](C)[C@@H]1NC(=O)[C@@H]2C[C@@H](O)CN2C(=O)[C@H](CC(=O)OC)NC(=O)[C@@H]2CSc3[nH]c4cc(OP(=O)(O)O)c(N)cc4c3C[C@H](CC1=O)C(=O)NCC(=O)N[C@@H]([C@@H](C)CC)C(=O)NCC(=O)N2. The molecule has 1 fully saturated rings. The van der Waals surface area contributed by atoms with Gasteiger partial charge >= 0.3 is 13.8 Å². The van der Waals surface area contributed by atoms with Gasteiger partial charge in [-0.2, -0.15) is 0 Å². The number of hydrogen-bond acceptors (Lipinski definition) is 15. The molecule has 0 spiro atoms. The summed E-state index contributed by atoms with van der Waals surface area (Å²) in [4.78, 5) is 148. The Labute approximate surface area is 388 Å². The van der Waals surface area contributed by atoms with Crippen LogP contribution in [0.3, 0.4) is 0 Å². The molecule has 12 N–H and O–H groups in total. The first kappa shape index (κ1) is 52.2. The Morgan fingerprint density at radius 1 is 0.881 bits per heavy atom. The average Bonchev–Trinajstić information content (AvgIpc) is 3.83. The van der Waals surface area contributed by atoms with Crippen molar-refractivity contribution in [3.05, 3.63) is 17.7 Å². The van der Waals surface area contributed by atoms with Gasteiger partial charge in [0.1, 0.15) is 24.2 Å². The van der Waals surface area contributed by atoms with Crippen LogP contribution in [0.1, 0.15) is 65.4 Å². The minimum atomic E-state index is -5.13. The fourth-order valence-electron chi connectivity index (χ4n) is 8.04. The number of carbonyl (C=O) groups excluding carboxylic acids is 9. The molecule has 5 rings (SSSR count). The highest BCUT2D eigenvalue weighted by atomic mass is 32.2. The molecule has 2 bridgehead atoms. The lowest BCUT2D eigenvalue weighted by atomic mass is 9.86. The van der Waals surface area contributed by atoms with Crippen LogP contribution in [0.15, 0.2) is 17.2 Å². The summed E-state index contributed by atoms with van der Waals surface area (Å²) < 4.78 is 21.5. The number of methoxy groups -OCH3 is 1. The van der Waals surface area contributed by atoms with E-state index in [1.54, 1.807) is 27.7 Å². The van der Waals surface area contributed by atoms with Gasteiger partial charge in [0, 0.05) is 42.5 Å². The highest BCUT2D eigenvalue weighted by molar-refractivity contribution is 7.99. The number of phosphoric acid groups is 1. The molecule has 67 heavy (non-hydrogen) atoms. The van der Waals surface area contributed by atoms with Crippen LogP contribution >= 0.6 is 19.6 Å². The van der Waals surface area contributed by atoms with Crippen LogP contribution in [0.4, 0.5) is 5.69 Å². The molecule has 3 aliphatic heterocycles. The number of Topliss-reactive ketones (excluding diaryl/α,β-unsaturated/α-hetero) is 1. The second kappa shape index (κ2) is 22.4. The van der Waals surface area contributed by atoms with Crippen LogP contribution < -0.4 is 42.2 Å². The van der Waals surface area contributed by atoms with Crippen LogP contribution in [0.25, 0.3) is 10.9 Å². The number of ether oxygens (including phenoxy) is 1. The number of aliphatic hydroxyl groups is 1. The van der Waals surface area contributed by atoms with E-state index in [1.165, 1.54) is 12.1 Å². The van der Waals surface area contributed by atoms with E-state index in [4.69, 9.17) is 15.0 Å². The average molecular weight is 980 g/mol. The normalized spacial score (nSPS) is 26.4. The number of carbonyl (C=O) groups is 9. The number of esters is 1. The molecule has 0 unspecified atom stereocenters. The van der Waals surface area contributed by atoms with E-state index < -0.39 is 153 Å². The van der Waals surface area contributed by atoms with Gasteiger partial charge < -0.3 is 61.9 Å². The largest absolute Gasteiger partial charge is 0.524 e. The summed E-state index contributed by atoms with van der Waals surface area (Å²) in [5.74, 6) is -10.8. The van der Waals surface area contributed by atoms with Crippen molar-refractivity contribution in [1.82, 2.24) is 41.8 Å². The van der Waals surface area contributed by atoms with E-state index in [1.807, 2.05) is 0 Å². The maximum Gasteiger partial charge on any atom is 0.524 e. The van der Waals surface area contributed by atoms with Crippen molar-refractivity contribution in [3.8, 4) is 5.75 Å². The summed E-state index contributed by atoms with van der Waals surface area (Å²) in [6.07, 6.45) is -2.35. The molecule has 4 heterocycles. The topological polar surface area (TPSA) is 367 Å². The smallest absolute Gasteiger partial charge is 0.469 e. The zero-order valence-electron chi connectivity index (χ0n) is 37.5. The molecule has 7 amide bonds. The van der Waals surface area contributed by atoms with Gasteiger partial charge in [-0.3, -0.25) is 52.9 Å². The molecule has 24 nitrogen and oxygen atoms in total. The maximum absolute atomic E-state index is 14.6. The highest BCUT2D eigenvalue weighted by Crippen LogP contribution is 2.43. The quantitative estimate of drug-likeness (QED) is 0.0793. The van der Waals surface area contributed by atoms with Crippen molar-refractivity contribution in [2.24, 2.45) is 17.8 Å². The van der Waals surface area contributed by atoms with Gasteiger partial charge in [0.2, 0.25) is 41.4 Å². The van der Waals surface area contributed by atoms with Gasteiger partial charge in [-0.1, -0.05) is 40.5 Å². The third-order valence-electron chi connectivity index (χ3n) is 12.1. The molecule has 1 aromatic heterocycles. The Hall–Kier alpha value is -5.75. The predicted octanol–water partition coefficient (Wildman–Crippen LogP) is -1.75. The monoisotopic (exact) mass is 979 g/mol. The number of nitrogens with one attached hydrogen (secondary N) is 7. The number of nitrogen functional groups attached to an aromatic ring is 1. The van der Waals surface area contributed by atoms with Crippen LogP contribution in [0.2, 0.25) is 0 Å². The number of nitrogens with zero attached hydrogens (tertiary/aromatic N) is 1. The van der Waals surface area contributed by atoms with Crippen molar-refractivity contribution in [1.29, 1.82) is 0 Å². The number of aliphatic hydroxyl groups excluding tert-OH is 1. The Morgan fingerprint density at radius 2 is 1.52 bits per heavy atom. The lowest BCUT2D eigenvalue weighted by Gasteiger charge is -2.31. The van der Waals surface area contributed by atoms with Gasteiger partial charge in [0.25, 0.3) is 0 Å². The predicted molar refractivity (Wildman–Crippen MR) is 238 cm³/mol. The van der Waals surface area contributed by atoms with E-state index in [-0.39, 0.29) is 40.2 Å². The number of nitrogens with two attached hydrogens (primary N) is 1. The van der Waals surface area contributed by atoms with Crippen LogP contribution in [-0.2, 0) is 58.9 Å². The summed E-state index contributed by atoms with van der Waals surface area (Å²) in [6, 6.07) is -4.64. The lowest BCUT2D eigenvalue weighted by molar-refractivity contribution is -0.148. The van der Waals surface area contributed by atoms with E-state index in [0.29, 0.717) is 18.4 Å². The second-order valence-electron chi connectivity index (χ2n) is 16.9. The number of ketones is 1. The molecule has 368 valence electrons. The number of thioether (sulfide) groups is 1. The fraction of sp³-hybridized carbons (Fsp3) is 0.585. The van der Waals surface area contributed by atoms with Gasteiger partial charge in [-0.15, -0.1) is 11.8 Å². The van der Waals surface area contributed by atoms with Crippen molar-refractivity contribution >= 4 is 89.3 Å². The number of rotatable bonds is 8. The standard InChI is InChI=1S/C41H58N9O15PS/c1-6-18(3)34-29(52)9-20-8-23-22-11-24(42)30(65-66(61,62)63)12-25(22)47-40(23)67-17-27(45-31(53)14-44-39(59)35(19(4)7-2)48-32(54)15-43-36(20)56)37(57)46-26(13-33(55)64-5)41(60)50-16-21(51)10-28(50)38(58)49-34/h11-12,18-21,26-28,34-35,47,51H,6-10,13-17,42H2,1-5H3,(H,43,56)(H,44,59)(H,45,53)(H,46,57)(H,48,54)(H,49,58)(H2,61,62,63)/t18-,19-,20+,21+,26-,27-,28-,34-,35-/m0/s1. The Morgan fingerprint density at radius 3 is 2.16 bits per heavy atom. The number of anilines is 1. The minimum Gasteiger partial charge on any atom is -0.469 e. The Balaban J connectivity index is 1.74. The number of hydrogen-bond donors (Lipinski definition) is 11. The van der Waals surface area contributed by atoms with Gasteiger partial charge in [-0.05, 0) is 29.9 Å². The molecule has 3 aliphatic rings. The first-order chi connectivity index (χ1) is 31.5. The summed E-state index contributed by atoms with van der Waals surface area (Å²) in [5, 5.41) is 26.6. The van der Waals surface area contributed by atoms with Crippen molar-refractivity contribution in [2.45, 2.75) is 108 Å². The first-order valence-electron chi connectivity index (χ1n) is 21.7. The third-order valence-corrected chi connectivity index (χ3v) is 13.7. The molecule has 1 saturated heterocycles. The molecular weight excluding hydrogens is 922 g/mol. The van der Waals surface area contributed by atoms with Crippen molar-refractivity contribution in [3.63, 3.8) is 0 Å². The molecule has 9 atom stereocenters. The summed E-state index contributed by atoms with van der Waals surface area (Å²) >= 11 is 0.904. The number of amides is 7. The first-order valence-corrected chi connectivity index (χ1v) is 24.2. The number of fused-ring (bicyclic) bond motifs is 5. The van der Waals surface area contributed by atoms with Gasteiger partial charge in [0.05, 0.1) is 55.0 Å². The van der Waals surface area contributed by atoms with Crippen LogP contribution in [0, 0.1) is 17.8 Å². The van der Waals surface area contributed by atoms with Crippen molar-refractivity contribution in [2.75, 3.05) is 38.2 Å². The van der Waals surface area contributed by atoms with E-state index in [2.05, 4.69) is 36.9 Å².